The summed E-state index contributed by atoms with van der Waals surface area (Å²) in [5.74, 6) is 0.431. The van der Waals surface area contributed by atoms with E-state index in [1.54, 1.807) is 0 Å². The van der Waals surface area contributed by atoms with Gasteiger partial charge in [0, 0.05) is 6.54 Å². The lowest BCUT2D eigenvalue weighted by atomic mass is 10.1. The highest BCUT2D eigenvalue weighted by Gasteiger charge is 2.28. The van der Waals surface area contributed by atoms with Crippen molar-refractivity contribution < 1.29 is 22.6 Å². The van der Waals surface area contributed by atoms with Crippen LogP contribution in [0.15, 0.2) is 0 Å². The molecule has 0 saturated carbocycles. The summed E-state index contributed by atoms with van der Waals surface area (Å²) in [4.78, 5) is 0. The maximum atomic E-state index is 11.5. The summed E-state index contributed by atoms with van der Waals surface area (Å²) in [7, 11) is 0. The lowest BCUT2D eigenvalue weighted by molar-refractivity contribution is -0.327. The average molecular weight is 213 g/mol. The van der Waals surface area contributed by atoms with Gasteiger partial charge >= 0.3 is 6.36 Å². The van der Waals surface area contributed by atoms with E-state index in [2.05, 4.69) is 10.1 Å². The van der Waals surface area contributed by atoms with Crippen molar-refractivity contribution in [1.29, 1.82) is 0 Å². The van der Waals surface area contributed by atoms with Crippen LogP contribution in [-0.2, 0) is 9.47 Å². The zero-order chi connectivity index (χ0) is 10.4. The Hall–Kier alpha value is -0.330. The van der Waals surface area contributed by atoms with Crippen LogP contribution in [0, 0.1) is 5.92 Å². The largest absolute Gasteiger partial charge is 0.522 e. The Morgan fingerprint density at radius 1 is 1.29 bits per heavy atom. The molecule has 0 aromatic carbocycles. The van der Waals surface area contributed by atoms with E-state index in [0.717, 1.165) is 19.5 Å². The zero-order valence-electron chi connectivity index (χ0n) is 7.77. The normalized spacial score (nSPS) is 22.9. The molecular weight excluding hydrogens is 199 g/mol. The molecular formula is C8H14F3NO2. The summed E-state index contributed by atoms with van der Waals surface area (Å²) in [5, 5.41) is 3.15. The first-order chi connectivity index (χ1) is 6.58. The molecule has 1 rings (SSSR count). The highest BCUT2D eigenvalue weighted by Crippen LogP contribution is 2.15. The first-order valence-electron chi connectivity index (χ1n) is 4.57. The van der Waals surface area contributed by atoms with Crippen molar-refractivity contribution in [1.82, 2.24) is 5.32 Å². The Bertz CT molecular complexity index is 157. The highest BCUT2D eigenvalue weighted by atomic mass is 19.4. The smallest absolute Gasteiger partial charge is 0.379 e. The van der Waals surface area contributed by atoms with Gasteiger partial charge in [-0.15, -0.1) is 13.2 Å². The van der Waals surface area contributed by atoms with Gasteiger partial charge in [0.2, 0.25) is 0 Å². The summed E-state index contributed by atoms with van der Waals surface area (Å²) in [6, 6.07) is 0. The molecule has 1 atom stereocenters. The van der Waals surface area contributed by atoms with E-state index in [4.69, 9.17) is 4.74 Å². The Balaban J connectivity index is 1.89. The van der Waals surface area contributed by atoms with Gasteiger partial charge in [-0.2, -0.15) is 0 Å². The fourth-order valence-electron chi connectivity index (χ4n) is 1.32. The average Bonchev–Trinajstić information content (AvgIpc) is 2.54. The molecule has 1 unspecified atom stereocenters. The third kappa shape index (κ3) is 5.41. The predicted molar refractivity (Wildman–Crippen MR) is 43.8 cm³/mol. The van der Waals surface area contributed by atoms with Gasteiger partial charge in [0.15, 0.2) is 0 Å². The lowest BCUT2D eigenvalue weighted by Crippen LogP contribution is -2.19. The van der Waals surface area contributed by atoms with Crippen LogP contribution in [0.5, 0.6) is 0 Å². The molecule has 0 aromatic rings. The van der Waals surface area contributed by atoms with Crippen LogP contribution in [0.3, 0.4) is 0 Å². The van der Waals surface area contributed by atoms with Gasteiger partial charge in [-0.25, -0.2) is 0 Å². The minimum atomic E-state index is -4.54. The molecule has 0 amide bonds. The van der Waals surface area contributed by atoms with E-state index in [0.29, 0.717) is 12.5 Å². The molecule has 0 radical (unpaired) electrons. The van der Waals surface area contributed by atoms with E-state index in [-0.39, 0.29) is 6.61 Å². The Morgan fingerprint density at radius 3 is 2.64 bits per heavy atom. The van der Waals surface area contributed by atoms with Crippen LogP contribution in [0.1, 0.15) is 6.42 Å². The van der Waals surface area contributed by atoms with E-state index in [9.17, 15) is 13.2 Å². The van der Waals surface area contributed by atoms with Crippen LogP contribution in [-0.4, -0.2) is 39.3 Å². The Kier molecular flexibility index (Phi) is 4.64. The van der Waals surface area contributed by atoms with E-state index < -0.39 is 13.0 Å². The van der Waals surface area contributed by atoms with Crippen molar-refractivity contribution in [2.45, 2.75) is 12.8 Å². The van der Waals surface area contributed by atoms with Gasteiger partial charge in [0.25, 0.3) is 0 Å². The van der Waals surface area contributed by atoms with Gasteiger partial charge < -0.3 is 10.1 Å². The minimum Gasteiger partial charge on any atom is -0.379 e. The second-order valence-corrected chi connectivity index (χ2v) is 3.23. The van der Waals surface area contributed by atoms with Crippen LogP contribution < -0.4 is 5.32 Å². The van der Waals surface area contributed by atoms with Crippen molar-refractivity contribution in [2.75, 3.05) is 32.9 Å². The van der Waals surface area contributed by atoms with Crippen molar-refractivity contribution >= 4 is 0 Å². The van der Waals surface area contributed by atoms with Crippen molar-refractivity contribution in [3.63, 3.8) is 0 Å². The molecule has 0 spiro atoms. The zero-order valence-corrected chi connectivity index (χ0v) is 7.77. The minimum absolute atomic E-state index is 0.00396. The molecule has 1 N–H and O–H groups in total. The summed E-state index contributed by atoms with van der Waals surface area (Å²) in [6.45, 7) is 1.93. The van der Waals surface area contributed by atoms with Crippen LogP contribution in [0.2, 0.25) is 0 Å². The van der Waals surface area contributed by atoms with Gasteiger partial charge in [-0.3, -0.25) is 4.74 Å². The number of alkyl halides is 3. The monoisotopic (exact) mass is 213 g/mol. The third-order valence-corrected chi connectivity index (χ3v) is 2.01. The van der Waals surface area contributed by atoms with Crippen molar-refractivity contribution in [2.24, 2.45) is 5.92 Å². The van der Waals surface area contributed by atoms with Crippen LogP contribution >= 0.6 is 0 Å². The molecule has 1 heterocycles. The van der Waals surface area contributed by atoms with Crippen LogP contribution in [0.25, 0.3) is 0 Å². The summed E-state index contributed by atoms with van der Waals surface area (Å²) < 4.78 is 43.1. The number of hydrogen-bond donors (Lipinski definition) is 1. The highest BCUT2D eigenvalue weighted by molar-refractivity contribution is 4.70. The SMILES string of the molecule is FC(F)(F)OCCOCC1CCNC1. The number of nitrogens with one attached hydrogen (secondary N) is 1. The third-order valence-electron chi connectivity index (χ3n) is 2.01. The predicted octanol–water partition coefficient (Wildman–Crippen LogP) is 1.15. The number of halogens is 3. The van der Waals surface area contributed by atoms with Crippen LogP contribution in [0.4, 0.5) is 13.2 Å². The van der Waals surface area contributed by atoms with E-state index in [1.807, 2.05) is 0 Å². The fourth-order valence-corrected chi connectivity index (χ4v) is 1.32. The number of rotatable bonds is 5. The standard InChI is InChI=1S/C8H14F3NO2/c9-8(10,11)14-4-3-13-6-7-1-2-12-5-7/h7,12H,1-6H2. The molecule has 3 nitrogen and oxygen atoms in total. The molecule has 0 aromatic heterocycles. The summed E-state index contributed by atoms with van der Waals surface area (Å²) in [6.07, 6.45) is -3.52. The second-order valence-electron chi connectivity index (χ2n) is 3.23. The fraction of sp³-hybridized carbons (Fsp3) is 1.00. The maximum absolute atomic E-state index is 11.5. The second kappa shape index (κ2) is 5.53. The summed E-state index contributed by atoms with van der Waals surface area (Å²) in [5.41, 5.74) is 0. The van der Waals surface area contributed by atoms with Gasteiger partial charge in [0.1, 0.15) is 0 Å². The molecule has 0 aliphatic carbocycles. The Labute approximate surface area is 80.6 Å². The van der Waals surface area contributed by atoms with Gasteiger partial charge in [-0.05, 0) is 18.9 Å². The molecule has 1 fully saturated rings. The first kappa shape index (κ1) is 11.7. The van der Waals surface area contributed by atoms with Gasteiger partial charge in [-0.1, -0.05) is 0 Å². The van der Waals surface area contributed by atoms with E-state index >= 15 is 0 Å². The first-order valence-corrected chi connectivity index (χ1v) is 4.57. The molecule has 1 aliphatic rings. The summed E-state index contributed by atoms with van der Waals surface area (Å²) >= 11 is 0. The molecule has 1 saturated heterocycles. The van der Waals surface area contributed by atoms with E-state index in [1.165, 1.54) is 0 Å². The van der Waals surface area contributed by atoms with Gasteiger partial charge in [0.05, 0.1) is 19.8 Å². The number of ether oxygens (including phenoxy) is 2. The van der Waals surface area contributed by atoms with Crippen molar-refractivity contribution in [3.05, 3.63) is 0 Å². The molecule has 1 aliphatic heterocycles. The van der Waals surface area contributed by atoms with Crippen molar-refractivity contribution in [3.8, 4) is 0 Å². The molecule has 14 heavy (non-hydrogen) atoms. The quantitative estimate of drug-likeness (QED) is 0.695. The lowest BCUT2D eigenvalue weighted by Gasteiger charge is -2.10. The molecule has 84 valence electrons. The molecule has 6 heteroatoms. The maximum Gasteiger partial charge on any atom is 0.522 e. The Morgan fingerprint density at radius 2 is 2.07 bits per heavy atom. The topological polar surface area (TPSA) is 30.5 Å². The number of hydrogen-bond acceptors (Lipinski definition) is 3. The molecule has 0 bridgehead atoms.